The zero-order chi connectivity index (χ0) is 11.1. The Morgan fingerprint density at radius 2 is 2.33 bits per heavy atom. The Kier molecular flexibility index (Phi) is 5.31. The Bertz CT molecular complexity index is 331. The monoisotopic (exact) mass is 272 g/mol. The van der Waals surface area contributed by atoms with Gasteiger partial charge in [0.1, 0.15) is 6.61 Å². The lowest BCUT2D eigenvalue weighted by Gasteiger charge is -2.05. The molecule has 1 rings (SSSR count). The molecular weight excluding hydrogens is 260 g/mol. The van der Waals surface area contributed by atoms with Gasteiger partial charge in [0.15, 0.2) is 0 Å². The number of halogens is 1. The van der Waals surface area contributed by atoms with E-state index in [1.807, 2.05) is 24.3 Å². The van der Waals surface area contributed by atoms with E-state index in [-0.39, 0.29) is 12.5 Å². The van der Waals surface area contributed by atoms with Gasteiger partial charge in [-0.15, -0.1) is 0 Å². The van der Waals surface area contributed by atoms with Crippen LogP contribution in [-0.4, -0.2) is 19.6 Å². The van der Waals surface area contributed by atoms with Gasteiger partial charge >= 0.3 is 0 Å². The summed E-state index contributed by atoms with van der Waals surface area (Å²) in [5.74, 6) is -0.188. The fourth-order valence-electron chi connectivity index (χ4n) is 1.06. The molecule has 0 saturated carbocycles. The first-order chi connectivity index (χ1) is 7.22. The smallest absolute Gasteiger partial charge is 0.260 e. The van der Waals surface area contributed by atoms with E-state index in [2.05, 4.69) is 26.8 Å². The van der Waals surface area contributed by atoms with Crippen LogP contribution in [0.4, 0.5) is 0 Å². The lowest BCUT2D eigenvalue weighted by molar-refractivity contribution is -0.126. The zero-order valence-electron chi connectivity index (χ0n) is 8.42. The summed E-state index contributed by atoms with van der Waals surface area (Å²) < 4.78 is 6.22. The van der Waals surface area contributed by atoms with Crippen LogP contribution in [0.5, 0.6) is 0 Å². The number of carbonyl (C=O) groups excluding carboxylic acids is 1. The van der Waals surface area contributed by atoms with Gasteiger partial charge in [-0.2, -0.15) is 0 Å². The highest BCUT2D eigenvalue weighted by Gasteiger charge is 1.99. The molecule has 1 aromatic rings. The summed E-state index contributed by atoms with van der Waals surface area (Å²) in [4.78, 5) is 11.0. The van der Waals surface area contributed by atoms with E-state index in [9.17, 15) is 4.79 Å². The van der Waals surface area contributed by atoms with Gasteiger partial charge in [-0.3, -0.25) is 10.2 Å². The summed E-state index contributed by atoms with van der Waals surface area (Å²) >= 11 is 3.36. The summed E-state index contributed by atoms with van der Waals surface area (Å²) in [5.41, 5.74) is 5.99. The van der Waals surface area contributed by atoms with Crippen LogP contribution in [-0.2, 0) is 16.1 Å². The molecule has 0 atom stereocenters. The van der Waals surface area contributed by atoms with Crippen molar-refractivity contribution in [1.82, 2.24) is 10.9 Å². The molecule has 0 unspecified atom stereocenters. The fourth-order valence-corrected chi connectivity index (χ4v) is 1.51. The molecule has 0 fully saturated rings. The molecule has 4 nitrogen and oxygen atoms in total. The summed E-state index contributed by atoms with van der Waals surface area (Å²) in [5, 5.41) is 0. The minimum absolute atomic E-state index is 0.0490. The lowest BCUT2D eigenvalue weighted by atomic mass is 10.2. The first-order valence-electron chi connectivity index (χ1n) is 4.50. The van der Waals surface area contributed by atoms with Gasteiger partial charge in [-0.25, -0.2) is 5.43 Å². The maximum atomic E-state index is 11.0. The molecule has 0 spiro atoms. The average Bonchev–Trinajstić information content (AvgIpc) is 2.18. The first-order valence-corrected chi connectivity index (χ1v) is 5.29. The average molecular weight is 273 g/mol. The molecule has 5 heteroatoms. The summed E-state index contributed by atoms with van der Waals surface area (Å²) in [6.45, 7) is 0.476. The van der Waals surface area contributed by atoms with E-state index in [4.69, 9.17) is 4.74 Å². The molecule has 0 bridgehead atoms. The highest BCUT2D eigenvalue weighted by molar-refractivity contribution is 9.10. The van der Waals surface area contributed by atoms with E-state index in [0.29, 0.717) is 6.61 Å². The molecule has 82 valence electrons. The van der Waals surface area contributed by atoms with Gasteiger partial charge in [0.25, 0.3) is 5.91 Å². The molecule has 2 N–H and O–H groups in total. The number of rotatable bonds is 5. The van der Waals surface area contributed by atoms with E-state index in [1.54, 1.807) is 7.05 Å². The molecule has 0 aliphatic carbocycles. The zero-order valence-corrected chi connectivity index (χ0v) is 10.0. The molecule has 1 aromatic carbocycles. The number of ether oxygens (including phenoxy) is 1. The number of nitrogens with one attached hydrogen (secondary N) is 2. The lowest BCUT2D eigenvalue weighted by Crippen LogP contribution is -2.36. The normalized spacial score (nSPS) is 10.0. The number of hydrogen-bond acceptors (Lipinski definition) is 3. The van der Waals surface area contributed by atoms with Gasteiger partial charge in [-0.05, 0) is 17.7 Å². The number of hydrazine groups is 1. The van der Waals surface area contributed by atoms with Crippen LogP contribution in [0, 0.1) is 0 Å². The summed E-state index contributed by atoms with van der Waals surface area (Å²) in [6.07, 6.45) is 0. The molecule has 1 amide bonds. The predicted octanol–water partition coefficient (Wildman–Crippen LogP) is 1.22. The van der Waals surface area contributed by atoms with Gasteiger partial charge in [0, 0.05) is 11.5 Å². The maximum absolute atomic E-state index is 11.0. The van der Waals surface area contributed by atoms with Crippen LogP contribution in [0.25, 0.3) is 0 Å². The molecule has 0 saturated heterocycles. The van der Waals surface area contributed by atoms with Crippen molar-refractivity contribution in [2.45, 2.75) is 6.61 Å². The molecule has 0 aliphatic rings. The van der Waals surface area contributed by atoms with Gasteiger partial charge in [0.05, 0.1) is 6.61 Å². The van der Waals surface area contributed by atoms with Crippen molar-refractivity contribution in [3.63, 3.8) is 0 Å². The topological polar surface area (TPSA) is 50.4 Å². The SMILES string of the molecule is CNNC(=O)COCc1cccc(Br)c1. The standard InChI is InChI=1S/C10H13BrN2O2/c1-12-13-10(14)7-15-6-8-3-2-4-9(11)5-8/h2-5,12H,6-7H2,1H3,(H,13,14). The minimum Gasteiger partial charge on any atom is -0.367 e. The van der Waals surface area contributed by atoms with Crippen molar-refractivity contribution in [3.8, 4) is 0 Å². The van der Waals surface area contributed by atoms with Crippen molar-refractivity contribution in [1.29, 1.82) is 0 Å². The third-order valence-electron chi connectivity index (χ3n) is 1.66. The molecule has 0 aliphatic heterocycles. The Morgan fingerprint density at radius 3 is 3.00 bits per heavy atom. The van der Waals surface area contributed by atoms with E-state index >= 15 is 0 Å². The Balaban J connectivity index is 2.28. The van der Waals surface area contributed by atoms with E-state index < -0.39 is 0 Å². The Morgan fingerprint density at radius 1 is 1.53 bits per heavy atom. The van der Waals surface area contributed by atoms with Crippen LogP contribution < -0.4 is 10.9 Å². The van der Waals surface area contributed by atoms with Crippen molar-refractivity contribution < 1.29 is 9.53 Å². The van der Waals surface area contributed by atoms with Crippen molar-refractivity contribution in [2.75, 3.05) is 13.7 Å². The minimum atomic E-state index is -0.188. The van der Waals surface area contributed by atoms with Crippen LogP contribution in [0.3, 0.4) is 0 Å². The largest absolute Gasteiger partial charge is 0.367 e. The van der Waals surface area contributed by atoms with Crippen LogP contribution >= 0.6 is 15.9 Å². The van der Waals surface area contributed by atoms with Gasteiger partial charge < -0.3 is 4.74 Å². The van der Waals surface area contributed by atoms with Crippen molar-refractivity contribution in [3.05, 3.63) is 34.3 Å². The second kappa shape index (κ2) is 6.55. The maximum Gasteiger partial charge on any atom is 0.260 e. The van der Waals surface area contributed by atoms with Crippen LogP contribution in [0.15, 0.2) is 28.7 Å². The van der Waals surface area contributed by atoms with Crippen molar-refractivity contribution >= 4 is 21.8 Å². The molecule has 15 heavy (non-hydrogen) atoms. The number of hydrogen-bond donors (Lipinski definition) is 2. The fraction of sp³-hybridized carbons (Fsp3) is 0.300. The second-order valence-electron chi connectivity index (χ2n) is 2.92. The van der Waals surface area contributed by atoms with Crippen LogP contribution in [0.1, 0.15) is 5.56 Å². The van der Waals surface area contributed by atoms with Gasteiger partial charge in [0.2, 0.25) is 0 Å². The van der Waals surface area contributed by atoms with Gasteiger partial charge in [-0.1, -0.05) is 28.1 Å². The quantitative estimate of drug-likeness (QED) is 0.793. The molecule has 0 radical (unpaired) electrons. The predicted molar refractivity (Wildman–Crippen MR) is 61.0 cm³/mol. The second-order valence-corrected chi connectivity index (χ2v) is 3.84. The molecule has 0 heterocycles. The number of carbonyl (C=O) groups is 1. The van der Waals surface area contributed by atoms with Crippen LogP contribution in [0.2, 0.25) is 0 Å². The number of benzene rings is 1. The van der Waals surface area contributed by atoms with E-state index in [1.165, 1.54) is 0 Å². The highest BCUT2D eigenvalue weighted by atomic mass is 79.9. The third kappa shape index (κ3) is 4.92. The Hall–Kier alpha value is -0.910. The summed E-state index contributed by atoms with van der Waals surface area (Å²) in [7, 11) is 1.63. The third-order valence-corrected chi connectivity index (χ3v) is 2.15. The first kappa shape index (κ1) is 12.2. The molecular formula is C10H13BrN2O2. The molecule has 0 aromatic heterocycles. The van der Waals surface area contributed by atoms with Crippen molar-refractivity contribution in [2.24, 2.45) is 0 Å². The van der Waals surface area contributed by atoms with E-state index in [0.717, 1.165) is 10.0 Å². The highest BCUT2D eigenvalue weighted by Crippen LogP contribution is 2.12. The number of amides is 1. The summed E-state index contributed by atoms with van der Waals surface area (Å²) in [6, 6.07) is 7.77. The Labute approximate surface area is 97.1 Å².